The molecule has 2 aromatic rings. The minimum absolute atomic E-state index is 0.117. The third-order valence-corrected chi connectivity index (χ3v) is 3.58. The lowest BCUT2D eigenvalue weighted by atomic mass is 10.1. The first-order chi connectivity index (χ1) is 11.6. The summed E-state index contributed by atoms with van der Waals surface area (Å²) in [7, 11) is 0. The van der Waals surface area contributed by atoms with Gasteiger partial charge in [-0.05, 0) is 18.6 Å². The van der Waals surface area contributed by atoms with E-state index >= 15 is 0 Å². The largest absolute Gasteiger partial charge is 0.479 e. The highest BCUT2D eigenvalue weighted by Gasteiger charge is 2.12. The highest BCUT2D eigenvalue weighted by Crippen LogP contribution is 2.15. The Morgan fingerprint density at radius 3 is 2.62 bits per heavy atom. The molecule has 7 heteroatoms. The summed E-state index contributed by atoms with van der Waals surface area (Å²) in [5, 5.41) is 12.8. The molecule has 0 aliphatic rings. The van der Waals surface area contributed by atoms with Crippen molar-refractivity contribution in [3.05, 3.63) is 59.8 Å². The van der Waals surface area contributed by atoms with Gasteiger partial charge in [0.15, 0.2) is 6.61 Å². The predicted molar refractivity (Wildman–Crippen MR) is 98.6 cm³/mol. The number of hydrogen-bond acceptors (Lipinski definition) is 5. The molecule has 6 nitrogen and oxygen atoms in total. The number of aromatic nitrogens is 1. The van der Waals surface area contributed by atoms with Crippen molar-refractivity contribution in [3.8, 4) is 5.88 Å². The minimum Gasteiger partial charge on any atom is -0.479 e. The first-order valence-corrected chi connectivity index (χ1v) is 8.49. The highest BCUT2D eigenvalue weighted by molar-refractivity contribution is 14.1. The van der Waals surface area contributed by atoms with Gasteiger partial charge in [-0.1, -0.05) is 58.1 Å². The number of ether oxygens (including phenoxy) is 1. The van der Waals surface area contributed by atoms with Gasteiger partial charge in [0.2, 0.25) is 5.88 Å². The molecule has 0 fully saturated rings. The second kappa shape index (κ2) is 9.21. The van der Waals surface area contributed by atoms with E-state index in [4.69, 9.17) is 14.7 Å². The summed E-state index contributed by atoms with van der Waals surface area (Å²) < 4.78 is 5.13. The summed E-state index contributed by atoms with van der Waals surface area (Å²) >= 11 is 2.25. The molecule has 1 unspecified atom stereocenters. The van der Waals surface area contributed by atoms with Crippen LogP contribution in [-0.2, 0) is 16.2 Å². The molecule has 1 aromatic heterocycles. The Kier molecular flexibility index (Phi) is 6.98. The number of benzene rings is 1. The minimum atomic E-state index is -1.04. The molecule has 0 spiro atoms. The van der Waals surface area contributed by atoms with Gasteiger partial charge in [0.1, 0.15) is 12.3 Å². The van der Waals surface area contributed by atoms with Crippen LogP contribution in [0.25, 0.3) is 0 Å². The topological polar surface area (TPSA) is 81.0 Å². The molecule has 0 saturated heterocycles. The highest BCUT2D eigenvalue weighted by atomic mass is 127. The van der Waals surface area contributed by atoms with Crippen LogP contribution in [0.4, 0.5) is 0 Å². The molecule has 0 radical (unpaired) electrons. The lowest BCUT2D eigenvalue weighted by molar-refractivity contribution is -0.139. The molecule has 2 rings (SSSR count). The summed E-state index contributed by atoms with van der Waals surface area (Å²) in [6, 6.07) is 13.2. The van der Waals surface area contributed by atoms with Crippen molar-refractivity contribution in [1.29, 1.82) is 0 Å². The zero-order valence-corrected chi connectivity index (χ0v) is 15.2. The fraction of sp³-hybridized carbons (Fsp3) is 0.235. The van der Waals surface area contributed by atoms with Crippen LogP contribution < -0.4 is 4.74 Å². The van der Waals surface area contributed by atoms with Crippen molar-refractivity contribution in [2.75, 3.05) is 6.61 Å². The first kappa shape index (κ1) is 18.2. The maximum atomic E-state index is 10.5. The summed E-state index contributed by atoms with van der Waals surface area (Å²) in [5.41, 5.74) is 2.59. The average molecular weight is 440 g/mol. The van der Waals surface area contributed by atoms with E-state index in [-0.39, 0.29) is 9.80 Å². The van der Waals surface area contributed by atoms with Gasteiger partial charge in [-0.3, -0.25) is 0 Å². The van der Waals surface area contributed by atoms with Crippen LogP contribution in [0.15, 0.2) is 53.8 Å². The molecule has 0 bridgehead atoms. The summed E-state index contributed by atoms with van der Waals surface area (Å²) in [4.78, 5) is 20.0. The van der Waals surface area contributed by atoms with Gasteiger partial charge in [0, 0.05) is 17.8 Å². The quantitative estimate of drug-likeness (QED) is 0.295. The van der Waals surface area contributed by atoms with Gasteiger partial charge in [-0.2, -0.15) is 0 Å². The number of alkyl halides is 1. The van der Waals surface area contributed by atoms with Crippen LogP contribution in [0.5, 0.6) is 5.88 Å². The third-order valence-electron chi connectivity index (χ3n) is 2.99. The number of oxime groups is 1. The lowest BCUT2D eigenvalue weighted by Gasteiger charge is -2.10. The van der Waals surface area contributed by atoms with E-state index in [0.29, 0.717) is 6.61 Å². The molecule has 0 aliphatic carbocycles. The van der Waals surface area contributed by atoms with Gasteiger partial charge in [0.25, 0.3) is 0 Å². The zero-order valence-electron chi connectivity index (χ0n) is 13.1. The second-order valence-corrected chi connectivity index (χ2v) is 6.79. The van der Waals surface area contributed by atoms with Crippen LogP contribution in [0.3, 0.4) is 0 Å². The maximum absolute atomic E-state index is 10.5. The Morgan fingerprint density at radius 2 is 2.04 bits per heavy atom. The number of halogens is 1. The van der Waals surface area contributed by atoms with Gasteiger partial charge < -0.3 is 14.7 Å². The number of carboxylic acids is 1. The van der Waals surface area contributed by atoms with Crippen molar-refractivity contribution in [3.63, 3.8) is 0 Å². The van der Waals surface area contributed by atoms with Crippen LogP contribution >= 0.6 is 22.6 Å². The van der Waals surface area contributed by atoms with Crippen LogP contribution in [-0.4, -0.2) is 32.3 Å². The Balaban J connectivity index is 2.03. The van der Waals surface area contributed by atoms with Gasteiger partial charge in [-0.15, -0.1) is 0 Å². The molecule has 1 atom stereocenters. The maximum Gasteiger partial charge on any atom is 0.341 e. The van der Waals surface area contributed by atoms with Crippen molar-refractivity contribution >= 4 is 34.3 Å². The number of pyridine rings is 1. The van der Waals surface area contributed by atoms with E-state index in [1.54, 1.807) is 18.3 Å². The van der Waals surface area contributed by atoms with E-state index in [0.717, 1.165) is 16.8 Å². The van der Waals surface area contributed by atoms with Crippen molar-refractivity contribution < 1.29 is 19.5 Å². The number of nitrogens with zero attached hydrogens (tertiary/aromatic N) is 2. The Bertz CT molecular complexity index is 687. The van der Waals surface area contributed by atoms with Gasteiger partial charge in [-0.25, -0.2) is 9.78 Å². The zero-order chi connectivity index (χ0) is 17.4. The molecular formula is C17H17IN2O4. The van der Waals surface area contributed by atoms with Crippen molar-refractivity contribution in [2.24, 2.45) is 5.16 Å². The van der Waals surface area contributed by atoms with E-state index in [9.17, 15) is 4.79 Å². The molecule has 1 aromatic carbocycles. The smallest absolute Gasteiger partial charge is 0.341 e. The van der Waals surface area contributed by atoms with Crippen molar-refractivity contribution in [2.45, 2.75) is 17.5 Å². The summed E-state index contributed by atoms with van der Waals surface area (Å²) in [5.74, 6) is -0.787. The van der Waals surface area contributed by atoms with Gasteiger partial charge in [0.05, 0.1) is 3.92 Å². The standard InChI is InChI=1S/C17H17IN2O4/c1-12(18)17(20-24-10-13-5-3-2-4-6-13)14-7-8-15(19-9-14)23-11-16(21)22/h2-9,12H,10-11H2,1H3,(H,21,22). The van der Waals surface area contributed by atoms with E-state index in [2.05, 4.69) is 32.7 Å². The normalized spacial score (nSPS) is 12.5. The van der Waals surface area contributed by atoms with E-state index in [1.165, 1.54) is 0 Å². The number of aliphatic carboxylic acids is 1. The number of carbonyl (C=O) groups is 1. The van der Waals surface area contributed by atoms with E-state index in [1.807, 2.05) is 37.3 Å². The summed E-state index contributed by atoms with van der Waals surface area (Å²) in [6.07, 6.45) is 1.59. The Labute approximate surface area is 153 Å². The number of rotatable bonds is 8. The van der Waals surface area contributed by atoms with E-state index < -0.39 is 12.6 Å². The molecule has 126 valence electrons. The first-order valence-electron chi connectivity index (χ1n) is 7.25. The molecule has 1 heterocycles. The fourth-order valence-corrected chi connectivity index (χ4v) is 2.33. The van der Waals surface area contributed by atoms with Gasteiger partial charge >= 0.3 is 5.97 Å². The second-order valence-electron chi connectivity index (χ2n) is 4.92. The molecule has 24 heavy (non-hydrogen) atoms. The predicted octanol–water partition coefficient (Wildman–Crippen LogP) is 3.29. The summed E-state index contributed by atoms with van der Waals surface area (Å²) in [6.45, 7) is 1.97. The molecular weight excluding hydrogens is 423 g/mol. The molecule has 0 aliphatic heterocycles. The fourth-order valence-electron chi connectivity index (χ4n) is 1.86. The molecule has 1 N–H and O–H groups in total. The number of carboxylic acid groups (broad SMARTS) is 1. The van der Waals surface area contributed by atoms with Crippen LogP contribution in [0.2, 0.25) is 0 Å². The third kappa shape index (κ3) is 5.80. The molecule has 0 saturated carbocycles. The van der Waals surface area contributed by atoms with Crippen molar-refractivity contribution in [1.82, 2.24) is 4.98 Å². The Morgan fingerprint density at radius 1 is 1.29 bits per heavy atom. The van der Waals surface area contributed by atoms with Crippen LogP contribution in [0, 0.1) is 0 Å². The average Bonchev–Trinajstić information content (AvgIpc) is 2.58. The Hall–Kier alpha value is -2.16. The monoisotopic (exact) mass is 440 g/mol. The van der Waals surface area contributed by atoms with Crippen LogP contribution in [0.1, 0.15) is 18.1 Å². The SMILES string of the molecule is CC(I)C(=NOCc1ccccc1)c1ccc(OCC(=O)O)nc1. The number of hydrogen-bond donors (Lipinski definition) is 1. The lowest BCUT2D eigenvalue weighted by Crippen LogP contribution is -2.14. The molecule has 0 amide bonds.